The van der Waals surface area contributed by atoms with Gasteiger partial charge in [0.1, 0.15) is 0 Å². The van der Waals surface area contributed by atoms with E-state index in [-0.39, 0.29) is 5.38 Å². The molecule has 0 saturated heterocycles. The summed E-state index contributed by atoms with van der Waals surface area (Å²) in [6.45, 7) is 6.58. The minimum atomic E-state index is -0.00333. The molecule has 1 atom stereocenters. The zero-order valence-corrected chi connectivity index (χ0v) is 13.4. The number of halogens is 1. The predicted molar refractivity (Wildman–Crippen MR) is 86.6 cm³/mol. The second-order valence-corrected chi connectivity index (χ2v) is 6.15. The Kier molecular flexibility index (Phi) is 5.06. The minimum absolute atomic E-state index is 0.00333. The van der Waals surface area contributed by atoms with Crippen LogP contribution in [-0.2, 0) is 19.3 Å². The Morgan fingerprint density at radius 3 is 2.37 bits per heavy atom. The van der Waals surface area contributed by atoms with E-state index in [2.05, 4.69) is 50.4 Å². The normalized spacial score (nSPS) is 12.6. The van der Waals surface area contributed by atoms with E-state index < -0.39 is 0 Å². The number of hydrogen-bond donors (Lipinski definition) is 0. The van der Waals surface area contributed by atoms with Crippen molar-refractivity contribution in [3.63, 3.8) is 0 Å². The van der Waals surface area contributed by atoms with Crippen molar-refractivity contribution in [3.05, 3.63) is 56.8 Å². The van der Waals surface area contributed by atoms with Gasteiger partial charge in [-0.2, -0.15) is 0 Å². The zero-order valence-electron chi connectivity index (χ0n) is 11.9. The van der Waals surface area contributed by atoms with Crippen molar-refractivity contribution in [1.82, 2.24) is 0 Å². The summed E-state index contributed by atoms with van der Waals surface area (Å²) >= 11 is 8.56. The van der Waals surface area contributed by atoms with Crippen LogP contribution in [0.2, 0.25) is 0 Å². The molecule has 0 spiro atoms. The van der Waals surface area contributed by atoms with Crippen LogP contribution in [0, 0.1) is 0 Å². The molecule has 0 amide bonds. The van der Waals surface area contributed by atoms with Gasteiger partial charge in [0.05, 0.1) is 5.38 Å². The van der Waals surface area contributed by atoms with Crippen LogP contribution in [0.15, 0.2) is 29.6 Å². The third-order valence-corrected chi connectivity index (χ3v) is 5.27. The van der Waals surface area contributed by atoms with Crippen LogP contribution in [-0.4, -0.2) is 0 Å². The minimum Gasteiger partial charge on any atom is -0.147 e. The highest BCUT2D eigenvalue weighted by molar-refractivity contribution is 7.10. The molecule has 1 heterocycles. The number of benzene rings is 1. The van der Waals surface area contributed by atoms with Gasteiger partial charge in [-0.25, -0.2) is 0 Å². The van der Waals surface area contributed by atoms with Gasteiger partial charge in [0.25, 0.3) is 0 Å². The fourth-order valence-corrected chi connectivity index (χ4v) is 3.91. The lowest BCUT2D eigenvalue weighted by Gasteiger charge is -2.16. The van der Waals surface area contributed by atoms with Crippen LogP contribution in [0.1, 0.15) is 53.3 Å². The average Bonchev–Trinajstić information content (AvgIpc) is 2.94. The Morgan fingerprint density at radius 1 is 1.00 bits per heavy atom. The van der Waals surface area contributed by atoms with Crippen molar-refractivity contribution >= 4 is 22.9 Å². The lowest BCUT2D eigenvalue weighted by Crippen LogP contribution is -2.00. The monoisotopic (exact) mass is 292 g/mol. The molecule has 19 heavy (non-hydrogen) atoms. The molecule has 0 radical (unpaired) electrons. The summed E-state index contributed by atoms with van der Waals surface area (Å²) in [5, 5.41) is 2.15. The highest BCUT2D eigenvalue weighted by Crippen LogP contribution is 2.37. The molecule has 0 aliphatic carbocycles. The van der Waals surface area contributed by atoms with Gasteiger partial charge in [0, 0.05) is 4.88 Å². The first kappa shape index (κ1) is 14.6. The van der Waals surface area contributed by atoms with Gasteiger partial charge in [-0.1, -0.05) is 39.0 Å². The summed E-state index contributed by atoms with van der Waals surface area (Å²) in [5.41, 5.74) is 5.41. The number of aryl methyl sites for hydroxylation is 3. The van der Waals surface area contributed by atoms with Crippen molar-refractivity contribution in [2.45, 2.75) is 45.4 Å². The SMILES string of the molecule is CCc1ccc(CC)c(C(Cl)c2sccc2CC)c1. The topological polar surface area (TPSA) is 0 Å². The van der Waals surface area contributed by atoms with Gasteiger partial charge in [-0.15, -0.1) is 22.9 Å². The molecule has 0 fully saturated rings. The Labute approximate surface area is 125 Å². The Balaban J connectivity index is 2.45. The largest absolute Gasteiger partial charge is 0.147 e. The van der Waals surface area contributed by atoms with E-state index in [9.17, 15) is 0 Å². The van der Waals surface area contributed by atoms with Crippen LogP contribution in [0.4, 0.5) is 0 Å². The first-order valence-corrected chi connectivity index (χ1v) is 8.34. The first-order valence-electron chi connectivity index (χ1n) is 7.03. The third-order valence-electron chi connectivity index (χ3n) is 3.66. The molecule has 1 aromatic carbocycles. The van der Waals surface area contributed by atoms with Crippen molar-refractivity contribution in [2.24, 2.45) is 0 Å². The van der Waals surface area contributed by atoms with E-state index in [1.807, 2.05) is 0 Å². The molecule has 102 valence electrons. The van der Waals surface area contributed by atoms with E-state index in [1.54, 1.807) is 11.3 Å². The molecule has 2 heteroatoms. The van der Waals surface area contributed by atoms with Crippen molar-refractivity contribution in [1.29, 1.82) is 0 Å². The van der Waals surface area contributed by atoms with Gasteiger partial charge >= 0.3 is 0 Å². The summed E-state index contributed by atoms with van der Waals surface area (Å²) in [5.74, 6) is 0. The molecule has 0 bridgehead atoms. The molecule has 0 aliphatic rings. The van der Waals surface area contributed by atoms with Crippen LogP contribution in [0.25, 0.3) is 0 Å². The maximum atomic E-state index is 6.78. The maximum Gasteiger partial charge on any atom is 0.0933 e. The van der Waals surface area contributed by atoms with E-state index >= 15 is 0 Å². The van der Waals surface area contributed by atoms with Crippen LogP contribution >= 0.6 is 22.9 Å². The first-order chi connectivity index (χ1) is 9.21. The maximum absolute atomic E-state index is 6.78. The molecule has 1 unspecified atom stereocenters. The lowest BCUT2D eigenvalue weighted by atomic mass is 9.96. The van der Waals surface area contributed by atoms with E-state index in [0.29, 0.717) is 0 Å². The third kappa shape index (κ3) is 3.04. The van der Waals surface area contributed by atoms with Crippen molar-refractivity contribution < 1.29 is 0 Å². The quantitative estimate of drug-likeness (QED) is 0.614. The number of alkyl halides is 1. The Bertz CT molecular complexity index is 542. The highest BCUT2D eigenvalue weighted by atomic mass is 35.5. The van der Waals surface area contributed by atoms with Crippen molar-refractivity contribution in [2.75, 3.05) is 0 Å². The Morgan fingerprint density at radius 2 is 1.74 bits per heavy atom. The van der Waals surface area contributed by atoms with Crippen LogP contribution < -0.4 is 0 Å². The van der Waals surface area contributed by atoms with E-state index in [1.165, 1.54) is 27.1 Å². The van der Waals surface area contributed by atoms with Gasteiger partial charge < -0.3 is 0 Å². The standard InChI is InChI=1S/C17H21ClS/c1-4-12-7-8-13(5-2)15(11-12)16(18)17-14(6-3)9-10-19-17/h7-11,16H,4-6H2,1-3H3. The van der Waals surface area contributed by atoms with Gasteiger partial charge in [0.2, 0.25) is 0 Å². The summed E-state index contributed by atoms with van der Waals surface area (Å²) in [6, 6.07) is 8.95. The van der Waals surface area contributed by atoms with Gasteiger partial charge in [-0.05, 0) is 53.0 Å². The molecule has 2 rings (SSSR count). The second-order valence-electron chi connectivity index (χ2n) is 4.77. The number of rotatable bonds is 5. The smallest absolute Gasteiger partial charge is 0.0933 e. The molecule has 1 aromatic heterocycles. The van der Waals surface area contributed by atoms with Gasteiger partial charge in [-0.3, -0.25) is 0 Å². The zero-order chi connectivity index (χ0) is 13.8. The molecule has 0 nitrogen and oxygen atoms in total. The van der Waals surface area contributed by atoms with Crippen molar-refractivity contribution in [3.8, 4) is 0 Å². The second kappa shape index (κ2) is 6.58. The summed E-state index contributed by atoms with van der Waals surface area (Å²) < 4.78 is 0. The molecule has 0 aliphatic heterocycles. The molecule has 0 saturated carbocycles. The lowest BCUT2D eigenvalue weighted by molar-refractivity contribution is 1.01. The highest BCUT2D eigenvalue weighted by Gasteiger charge is 2.18. The molecule has 2 aromatic rings. The fraction of sp³-hybridized carbons (Fsp3) is 0.412. The van der Waals surface area contributed by atoms with Crippen LogP contribution in [0.3, 0.4) is 0 Å². The molecular formula is C17H21ClS. The summed E-state index contributed by atoms with van der Waals surface area (Å²) in [6.07, 6.45) is 3.15. The van der Waals surface area contributed by atoms with E-state index in [4.69, 9.17) is 11.6 Å². The number of hydrogen-bond acceptors (Lipinski definition) is 1. The average molecular weight is 293 g/mol. The number of thiophene rings is 1. The fourth-order valence-electron chi connectivity index (χ4n) is 2.43. The van der Waals surface area contributed by atoms with Crippen LogP contribution in [0.5, 0.6) is 0 Å². The van der Waals surface area contributed by atoms with Gasteiger partial charge in [0.15, 0.2) is 0 Å². The Hall–Kier alpha value is -0.790. The van der Waals surface area contributed by atoms with E-state index in [0.717, 1.165) is 19.3 Å². The summed E-state index contributed by atoms with van der Waals surface area (Å²) in [7, 11) is 0. The molecular weight excluding hydrogens is 272 g/mol. The predicted octanol–water partition coefficient (Wildman–Crippen LogP) is 5.76. The molecule has 0 N–H and O–H groups in total. The summed E-state index contributed by atoms with van der Waals surface area (Å²) in [4.78, 5) is 1.31.